The molecular weight excluding hydrogens is 195 g/mol. The van der Waals surface area contributed by atoms with Crippen molar-refractivity contribution in [2.75, 3.05) is 5.73 Å². The molecule has 1 heterocycles. The van der Waals surface area contributed by atoms with Crippen molar-refractivity contribution in [3.63, 3.8) is 0 Å². The van der Waals surface area contributed by atoms with Crippen LogP contribution >= 0.6 is 0 Å². The molecule has 78 valence electrons. The highest BCUT2D eigenvalue weighted by Gasteiger charge is 2.09. The molecule has 0 aliphatic carbocycles. The highest BCUT2D eigenvalue weighted by atomic mass is 19.1. The molecule has 0 spiro atoms. The van der Waals surface area contributed by atoms with Gasteiger partial charge in [0.15, 0.2) is 5.82 Å². The molecule has 0 fully saturated rings. The predicted molar refractivity (Wildman–Crippen MR) is 55.5 cm³/mol. The van der Waals surface area contributed by atoms with Crippen molar-refractivity contribution in [3.05, 3.63) is 29.8 Å². The summed E-state index contributed by atoms with van der Waals surface area (Å²) < 4.78 is 15.0. The highest BCUT2D eigenvalue weighted by Crippen LogP contribution is 2.21. The van der Waals surface area contributed by atoms with E-state index in [0.717, 1.165) is 5.82 Å². The summed E-state index contributed by atoms with van der Waals surface area (Å²) >= 11 is 0. The van der Waals surface area contributed by atoms with Gasteiger partial charge in [0.05, 0.1) is 5.69 Å². The van der Waals surface area contributed by atoms with Crippen molar-refractivity contribution < 1.29 is 4.39 Å². The van der Waals surface area contributed by atoms with E-state index in [0.29, 0.717) is 11.4 Å². The van der Waals surface area contributed by atoms with Crippen LogP contribution in [0.15, 0.2) is 18.2 Å². The topological polar surface area (TPSA) is 56.7 Å². The van der Waals surface area contributed by atoms with Gasteiger partial charge in [-0.15, -0.1) is 10.2 Å². The Kier molecular flexibility index (Phi) is 2.15. The summed E-state index contributed by atoms with van der Waals surface area (Å²) in [6, 6.07) is 4.61. The minimum absolute atomic E-state index is 0.137. The lowest BCUT2D eigenvalue weighted by Gasteiger charge is -2.03. The van der Waals surface area contributed by atoms with Crippen LogP contribution in [0.1, 0.15) is 5.82 Å². The Morgan fingerprint density at radius 3 is 2.60 bits per heavy atom. The van der Waals surface area contributed by atoms with E-state index in [1.54, 1.807) is 10.6 Å². The number of halogens is 1. The Hall–Kier alpha value is -1.91. The number of benzene rings is 1. The molecule has 0 amide bonds. The molecule has 15 heavy (non-hydrogen) atoms. The van der Waals surface area contributed by atoms with Crippen molar-refractivity contribution in [3.8, 4) is 11.4 Å². The molecule has 0 radical (unpaired) electrons. The standard InChI is InChI=1S/C10H11FN4/c1-6-13-14-10(15(6)2)7-3-4-9(12)8(11)5-7/h3-5H,12H2,1-2H3. The first-order valence-electron chi connectivity index (χ1n) is 4.51. The summed E-state index contributed by atoms with van der Waals surface area (Å²) in [6.07, 6.45) is 0. The summed E-state index contributed by atoms with van der Waals surface area (Å²) in [7, 11) is 1.83. The van der Waals surface area contributed by atoms with Gasteiger partial charge in [-0.3, -0.25) is 0 Å². The summed E-state index contributed by atoms with van der Waals surface area (Å²) in [4.78, 5) is 0. The SMILES string of the molecule is Cc1nnc(-c2ccc(N)c(F)c2)n1C. The zero-order valence-electron chi connectivity index (χ0n) is 8.53. The molecule has 0 bridgehead atoms. The number of nitrogen functional groups attached to an aromatic ring is 1. The number of nitrogens with zero attached hydrogens (tertiary/aromatic N) is 3. The number of nitrogens with two attached hydrogens (primary N) is 1. The maximum atomic E-state index is 13.2. The predicted octanol–water partition coefficient (Wildman–Crippen LogP) is 1.51. The fourth-order valence-corrected chi connectivity index (χ4v) is 1.32. The van der Waals surface area contributed by atoms with E-state index in [4.69, 9.17) is 5.73 Å². The van der Waals surface area contributed by atoms with E-state index in [1.165, 1.54) is 12.1 Å². The Bertz CT molecular complexity index is 504. The quantitative estimate of drug-likeness (QED) is 0.719. The number of hydrogen-bond donors (Lipinski definition) is 1. The van der Waals surface area contributed by atoms with Crippen LogP contribution in [0.5, 0.6) is 0 Å². The van der Waals surface area contributed by atoms with E-state index in [1.807, 2.05) is 14.0 Å². The number of aromatic nitrogens is 3. The van der Waals surface area contributed by atoms with Crippen LogP contribution in [0.4, 0.5) is 10.1 Å². The molecule has 2 aromatic rings. The maximum Gasteiger partial charge on any atom is 0.163 e. The minimum atomic E-state index is -0.437. The van der Waals surface area contributed by atoms with Gasteiger partial charge in [-0.25, -0.2) is 4.39 Å². The highest BCUT2D eigenvalue weighted by molar-refractivity contribution is 5.59. The third-order valence-electron chi connectivity index (χ3n) is 2.35. The van der Waals surface area contributed by atoms with E-state index in [-0.39, 0.29) is 5.69 Å². The number of rotatable bonds is 1. The molecular formula is C10H11FN4. The van der Waals surface area contributed by atoms with Gasteiger partial charge in [0.25, 0.3) is 0 Å². The van der Waals surface area contributed by atoms with Crippen molar-refractivity contribution in [1.29, 1.82) is 0 Å². The molecule has 1 aromatic heterocycles. The van der Waals surface area contributed by atoms with Gasteiger partial charge in [-0.1, -0.05) is 0 Å². The van der Waals surface area contributed by atoms with Crippen molar-refractivity contribution in [2.45, 2.75) is 6.92 Å². The molecule has 4 nitrogen and oxygen atoms in total. The molecule has 0 unspecified atom stereocenters. The van der Waals surface area contributed by atoms with Crippen LogP contribution in [-0.2, 0) is 7.05 Å². The largest absolute Gasteiger partial charge is 0.396 e. The maximum absolute atomic E-state index is 13.2. The van der Waals surface area contributed by atoms with Gasteiger partial charge in [0.1, 0.15) is 11.6 Å². The smallest absolute Gasteiger partial charge is 0.163 e. The molecule has 1 aromatic carbocycles. The third kappa shape index (κ3) is 1.56. The second-order valence-corrected chi connectivity index (χ2v) is 3.37. The first-order chi connectivity index (χ1) is 7.09. The van der Waals surface area contributed by atoms with Crippen LogP contribution in [0.3, 0.4) is 0 Å². The molecule has 0 aliphatic heterocycles. The first-order valence-corrected chi connectivity index (χ1v) is 4.51. The number of hydrogen-bond acceptors (Lipinski definition) is 3. The lowest BCUT2D eigenvalue weighted by Crippen LogP contribution is -1.96. The average molecular weight is 206 g/mol. The van der Waals surface area contributed by atoms with Gasteiger partial charge < -0.3 is 10.3 Å². The first kappa shape index (κ1) is 9.64. The van der Waals surface area contributed by atoms with Gasteiger partial charge in [-0.05, 0) is 25.1 Å². The van der Waals surface area contributed by atoms with E-state index in [2.05, 4.69) is 10.2 Å². The summed E-state index contributed by atoms with van der Waals surface area (Å²) in [6.45, 7) is 1.84. The Morgan fingerprint density at radius 1 is 1.33 bits per heavy atom. The Labute approximate surface area is 86.6 Å². The third-order valence-corrected chi connectivity index (χ3v) is 2.35. The van der Waals surface area contributed by atoms with Crippen molar-refractivity contribution in [1.82, 2.24) is 14.8 Å². The second kappa shape index (κ2) is 3.34. The van der Waals surface area contributed by atoms with Gasteiger partial charge in [0.2, 0.25) is 0 Å². The lowest BCUT2D eigenvalue weighted by molar-refractivity contribution is 0.632. The molecule has 0 saturated heterocycles. The van der Waals surface area contributed by atoms with Crippen molar-refractivity contribution >= 4 is 5.69 Å². The summed E-state index contributed by atoms with van der Waals surface area (Å²) in [5.74, 6) is 0.974. The zero-order chi connectivity index (χ0) is 11.0. The van der Waals surface area contributed by atoms with Gasteiger partial charge >= 0.3 is 0 Å². The van der Waals surface area contributed by atoms with E-state index in [9.17, 15) is 4.39 Å². The van der Waals surface area contributed by atoms with Crippen LogP contribution in [0, 0.1) is 12.7 Å². The average Bonchev–Trinajstić information content (AvgIpc) is 2.53. The second-order valence-electron chi connectivity index (χ2n) is 3.37. The fourth-order valence-electron chi connectivity index (χ4n) is 1.32. The number of aryl methyl sites for hydroxylation is 1. The summed E-state index contributed by atoms with van der Waals surface area (Å²) in [5, 5.41) is 7.87. The lowest BCUT2D eigenvalue weighted by atomic mass is 10.2. The molecule has 5 heteroatoms. The van der Waals surface area contributed by atoms with Gasteiger partial charge in [-0.2, -0.15) is 0 Å². The van der Waals surface area contributed by atoms with E-state index >= 15 is 0 Å². The van der Waals surface area contributed by atoms with Crippen LogP contribution in [0.2, 0.25) is 0 Å². The molecule has 0 aliphatic rings. The molecule has 2 N–H and O–H groups in total. The molecule has 2 rings (SSSR count). The Morgan fingerprint density at radius 2 is 2.07 bits per heavy atom. The van der Waals surface area contributed by atoms with Gasteiger partial charge in [0, 0.05) is 12.6 Å². The zero-order valence-corrected chi connectivity index (χ0v) is 8.53. The van der Waals surface area contributed by atoms with Crippen LogP contribution in [-0.4, -0.2) is 14.8 Å². The normalized spacial score (nSPS) is 10.6. The molecule has 0 atom stereocenters. The monoisotopic (exact) mass is 206 g/mol. The molecule has 0 saturated carbocycles. The number of anilines is 1. The minimum Gasteiger partial charge on any atom is -0.396 e. The fraction of sp³-hybridized carbons (Fsp3) is 0.200. The van der Waals surface area contributed by atoms with Crippen LogP contribution < -0.4 is 5.73 Å². The Balaban J connectivity index is 2.55. The van der Waals surface area contributed by atoms with E-state index < -0.39 is 5.82 Å². The van der Waals surface area contributed by atoms with Crippen molar-refractivity contribution in [2.24, 2.45) is 7.05 Å². The summed E-state index contributed by atoms with van der Waals surface area (Å²) in [5.41, 5.74) is 6.20. The van der Waals surface area contributed by atoms with Crippen LogP contribution in [0.25, 0.3) is 11.4 Å².